The third-order valence-corrected chi connectivity index (χ3v) is 3.90. The maximum Gasteiger partial charge on any atom is 0.416 e. The summed E-state index contributed by atoms with van der Waals surface area (Å²) < 4.78 is 51.7. The van der Waals surface area contributed by atoms with Gasteiger partial charge in [-0.3, -0.25) is 4.78 Å². The number of pyridine rings is 1. The smallest absolute Gasteiger partial charge is 0.416 e. The monoisotopic (exact) mass is 326 g/mol. The number of ether oxygens (including phenoxy) is 1. The molecule has 1 atom stereocenters. The van der Waals surface area contributed by atoms with Crippen LogP contribution in [0, 0.1) is 4.78 Å². The molecular weight excluding hydrogens is 313 g/mol. The molecular formula is C15H13F3N2OS. The van der Waals surface area contributed by atoms with Crippen LogP contribution in [0.5, 0.6) is 5.75 Å². The first-order valence-corrected chi connectivity index (χ1v) is 7.49. The van der Waals surface area contributed by atoms with E-state index in [1.807, 2.05) is 0 Å². The van der Waals surface area contributed by atoms with Crippen LogP contribution in [0.25, 0.3) is 6.08 Å². The van der Waals surface area contributed by atoms with Gasteiger partial charge in [0.1, 0.15) is 10.8 Å². The molecule has 2 rings (SSSR count). The van der Waals surface area contributed by atoms with E-state index in [1.54, 1.807) is 12.1 Å². The molecule has 1 aromatic heterocycles. The molecule has 7 heteroatoms. The van der Waals surface area contributed by atoms with Gasteiger partial charge >= 0.3 is 6.18 Å². The number of nitrogens with zero attached hydrogens (tertiary/aromatic N) is 1. The van der Waals surface area contributed by atoms with Gasteiger partial charge in [-0.1, -0.05) is 18.2 Å². The lowest BCUT2D eigenvalue weighted by Crippen LogP contribution is -2.06. The Hall–Kier alpha value is -2.15. The summed E-state index contributed by atoms with van der Waals surface area (Å²) in [6, 6.07) is 8.49. The molecule has 0 spiro atoms. The normalized spacial score (nSPS) is 13.3. The average molecular weight is 326 g/mol. The van der Waals surface area contributed by atoms with Gasteiger partial charge in [-0.2, -0.15) is 13.2 Å². The molecule has 1 unspecified atom stereocenters. The second-order valence-corrected chi connectivity index (χ2v) is 5.63. The molecule has 0 amide bonds. The number of halogens is 3. The minimum absolute atomic E-state index is 0.0302. The number of methoxy groups -OCH3 is 1. The van der Waals surface area contributed by atoms with Crippen LogP contribution in [0.2, 0.25) is 0 Å². The summed E-state index contributed by atoms with van der Waals surface area (Å²) >= 11 is 0. The van der Waals surface area contributed by atoms with Gasteiger partial charge in [0.05, 0.1) is 12.7 Å². The van der Waals surface area contributed by atoms with Crippen LogP contribution in [0.3, 0.4) is 0 Å². The van der Waals surface area contributed by atoms with E-state index in [4.69, 9.17) is 9.52 Å². The summed E-state index contributed by atoms with van der Waals surface area (Å²) in [4.78, 5) is 4.04. The Morgan fingerprint density at radius 3 is 2.64 bits per heavy atom. The van der Waals surface area contributed by atoms with Crippen LogP contribution in [-0.2, 0) is 16.9 Å². The number of aromatic nitrogens is 1. The fourth-order valence-corrected chi connectivity index (χ4v) is 2.59. The quantitative estimate of drug-likeness (QED) is 0.898. The molecule has 0 fully saturated rings. The Labute approximate surface area is 128 Å². The van der Waals surface area contributed by atoms with Gasteiger partial charge in [-0.25, -0.2) is 4.98 Å². The summed E-state index contributed by atoms with van der Waals surface area (Å²) in [6.07, 6.45) is -1.61. The number of alkyl halides is 3. The minimum atomic E-state index is -4.42. The maximum atomic E-state index is 12.9. The van der Waals surface area contributed by atoms with E-state index in [0.717, 1.165) is 6.07 Å². The Morgan fingerprint density at radius 1 is 1.23 bits per heavy atom. The standard InChI is InChI=1S/C15H13F3N2OS/c1-21-12-6-8-20-14(10-12)22(19)9-7-11-4-2-3-5-13(11)15(16,17)18/h2-10,19H,1H3/b9-7+. The van der Waals surface area contributed by atoms with Crippen molar-refractivity contribution in [3.8, 4) is 5.75 Å². The lowest BCUT2D eigenvalue weighted by Gasteiger charge is -2.09. The van der Waals surface area contributed by atoms with Gasteiger partial charge in [0, 0.05) is 12.3 Å². The van der Waals surface area contributed by atoms with Crippen LogP contribution in [0.4, 0.5) is 13.2 Å². The van der Waals surface area contributed by atoms with E-state index < -0.39 is 22.4 Å². The first-order valence-electron chi connectivity index (χ1n) is 6.20. The van der Waals surface area contributed by atoms with Gasteiger partial charge in [0.25, 0.3) is 0 Å². The third-order valence-electron chi connectivity index (χ3n) is 2.82. The van der Waals surface area contributed by atoms with E-state index >= 15 is 0 Å². The molecule has 22 heavy (non-hydrogen) atoms. The van der Waals surface area contributed by atoms with Crippen molar-refractivity contribution in [2.75, 3.05) is 7.11 Å². The SMILES string of the molecule is COc1ccnc(S(=N)/C=C/c2ccccc2C(F)(F)F)c1. The Kier molecular flexibility index (Phi) is 4.97. The number of benzene rings is 1. The molecule has 0 aliphatic rings. The van der Waals surface area contributed by atoms with Crippen molar-refractivity contribution in [3.63, 3.8) is 0 Å². The summed E-state index contributed by atoms with van der Waals surface area (Å²) in [5.74, 6) is 0.554. The van der Waals surface area contributed by atoms with E-state index in [-0.39, 0.29) is 5.56 Å². The van der Waals surface area contributed by atoms with Crippen molar-refractivity contribution in [2.24, 2.45) is 0 Å². The molecule has 0 aliphatic heterocycles. The highest BCUT2D eigenvalue weighted by atomic mass is 32.2. The van der Waals surface area contributed by atoms with Crippen LogP contribution in [0.15, 0.2) is 53.0 Å². The number of nitrogens with one attached hydrogen (secondary N) is 1. The Bertz CT molecular complexity index is 714. The molecule has 0 saturated carbocycles. The van der Waals surface area contributed by atoms with Crippen LogP contribution in [-0.4, -0.2) is 12.1 Å². The van der Waals surface area contributed by atoms with Gasteiger partial charge < -0.3 is 4.74 Å². The third kappa shape index (κ3) is 3.94. The van der Waals surface area contributed by atoms with Crippen LogP contribution >= 0.6 is 0 Å². The van der Waals surface area contributed by atoms with Crippen molar-refractivity contribution in [3.05, 3.63) is 59.1 Å². The predicted molar refractivity (Wildman–Crippen MR) is 79.6 cm³/mol. The molecule has 0 saturated heterocycles. The van der Waals surface area contributed by atoms with E-state index in [2.05, 4.69) is 4.98 Å². The van der Waals surface area contributed by atoms with Crippen molar-refractivity contribution in [2.45, 2.75) is 11.2 Å². The second kappa shape index (κ2) is 6.74. The van der Waals surface area contributed by atoms with E-state index in [9.17, 15) is 13.2 Å². The molecule has 1 N–H and O–H groups in total. The van der Waals surface area contributed by atoms with E-state index in [1.165, 1.54) is 43.0 Å². The van der Waals surface area contributed by atoms with E-state index in [0.29, 0.717) is 10.8 Å². The second-order valence-electron chi connectivity index (χ2n) is 4.26. The summed E-state index contributed by atoms with van der Waals surface area (Å²) in [5, 5.41) is 1.83. The van der Waals surface area contributed by atoms with Crippen molar-refractivity contribution >= 4 is 16.8 Å². The molecule has 0 aliphatic carbocycles. The van der Waals surface area contributed by atoms with Crippen molar-refractivity contribution < 1.29 is 17.9 Å². The predicted octanol–water partition coefficient (Wildman–Crippen LogP) is 4.52. The lowest BCUT2D eigenvalue weighted by atomic mass is 10.1. The molecule has 1 heterocycles. The van der Waals surface area contributed by atoms with Crippen molar-refractivity contribution in [1.82, 2.24) is 4.98 Å². The largest absolute Gasteiger partial charge is 0.497 e. The average Bonchev–Trinajstić information content (AvgIpc) is 2.52. The Morgan fingerprint density at radius 2 is 1.95 bits per heavy atom. The highest BCUT2D eigenvalue weighted by Crippen LogP contribution is 2.32. The van der Waals surface area contributed by atoms with Crippen LogP contribution < -0.4 is 4.74 Å². The number of hydrogen-bond acceptors (Lipinski definition) is 3. The zero-order valence-corrected chi connectivity index (χ0v) is 12.4. The molecule has 0 radical (unpaired) electrons. The van der Waals surface area contributed by atoms with Gasteiger partial charge in [0.2, 0.25) is 0 Å². The highest BCUT2D eigenvalue weighted by Gasteiger charge is 2.32. The minimum Gasteiger partial charge on any atom is -0.497 e. The molecule has 116 valence electrons. The fraction of sp³-hybridized carbons (Fsp3) is 0.133. The fourth-order valence-electron chi connectivity index (χ4n) is 1.75. The van der Waals surface area contributed by atoms with Crippen molar-refractivity contribution in [1.29, 1.82) is 4.78 Å². The highest BCUT2D eigenvalue weighted by molar-refractivity contribution is 7.89. The number of hydrogen-bond donors (Lipinski definition) is 1. The zero-order chi connectivity index (χ0) is 16.2. The zero-order valence-electron chi connectivity index (χ0n) is 11.6. The van der Waals surface area contributed by atoms with Gasteiger partial charge in [0.15, 0.2) is 0 Å². The van der Waals surface area contributed by atoms with Gasteiger partial charge in [-0.15, -0.1) is 0 Å². The maximum absolute atomic E-state index is 12.9. The number of rotatable bonds is 4. The lowest BCUT2D eigenvalue weighted by molar-refractivity contribution is -0.137. The molecule has 0 bridgehead atoms. The van der Waals surface area contributed by atoms with Gasteiger partial charge in [-0.05, 0) is 39.9 Å². The Balaban J connectivity index is 2.27. The summed E-state index contributed by atoms with van der Waals surface area (Å²) in [7, 11) is 0.327. The van der Waals surface area contributed by atoms with Crippen LogP contribution in [0.1, 0.15) is 11.1 Å². The topological polar surface area (TPSA) is 46.0 Å². The molecule has 1 aromatic carbocycles. The molecule has 3 nitrogen and oxygen atoms in total. The first-order chi connectivity index (χ1) is 10.4. The first kappa shape index (κ1) is 16.2. The summed E-state index contributed by atoms with van der Waals surface area (Å²) in [5.41, 5.74) is -0.690. The summed E-state index contributed by atoms with van der Waals surface area (Å²) in [6.45, 7) is 0. The molecule has 2 aromatic rings.